The van der Waals surface area contributed by atoms with Crippen molar-refractivity contribution < 1.29 is 50.7 Å². The Morgan fingerprint density at radius 3 is 2.43 bits per heavy atom. The minimum atomic E-state index is -2.85. The molecule has 5 atom stereocenters. The number of ether oxygens (including phenoxy) is 5. The van der Waals surface area contributed by atoms with Crippen molar-refractivity contribution in [3.8, 4) is 11.6 Å². The molecule has 11 nitrogen and oxygen atoms in total. The van der Waals surface area contributed by atoms with Crippen LogP contribution in [-0.4, -0.2) is 81.3 Å². The second-order valence-electron chi connectivity index (χ2n) is 9.01. The Balaban J connectivity index is 2.06. The molecule has 1 fully saturated rings. The van der Waals surface area contributed by atoms with Crippen molar-refractivity contribution in [1.82, 2.24) is 9.78 Å². The molecular weight excluding hydrogens is 484 g/mol. The summed E-state index contributed by atoms with van der Waals surface area (Å²) in [6, 6.07) is 5.45. The van der Waals surface area contributed by atoms with Crippen LogP contribution in [0.2, 0.25) is 0 Å². The quantitative estimate of drug-likeness (QED) is 0.395. The second-order valence-corrected chi connectivity index (χ2v) is 9.01. The van der Waals surface area contributed by atoms with Crippen molar-refractivity contribution in [3.05, 3.63) is 41.1 Å². The Kier molecular flexibility index (Phi) is 7.54. The summed E-state index contributed by atoms with van der Waals surface area (Å²) in [7, 11) is 0. The molecule has 0 aliphatic carbocycles. The van der Waals surface area contributed by atoms with Gasteiger partial charge in [-0.05, 0) is 59.2 Å². The maximum absolute atomic E-state index is 11.6. The number of nitrogens with zero attached hydrogens (tertiary/aromatic N) is 2. The van der Waals surface area contributed by atoms with Gasteiger partial charge in [0.2, 0.25) is 12.2 Å². The van der Waals surface area contributed by atoms with Gasteiger partial charge in [-0.2, -0.15) is 0 Å². The molecule has 1 aliphatic heterocycles. The summed E-state index contributed by atoms with van der Waals surface area (Å²) in [4.78, 5) is 11.6. The molecule has 0 amide bonds. The average Bonchev–Trinajstić information content (AvgIpc) is 3.30. The van der Waals surface area contributed by atoms with E-state index in [1.165, 1.54) is 12.1 Å². The first-order valence-electron chi connectivity index (χ1n) is 14.6. The second kappa shape index (κ2) is 12.6. The normalized spacial score (nSPS) is 26.5. The van der Waals surface area contributed by atoms with Gasteiger partial charge < -0.3 is 39.0 Å². The van der Waals surface area contributed by atoms with Crippen molar-refractivity contribution >= 4 is 6.16 Å². The summed E-state index contributed by atoms with van der Waals surface area (Å²) in [5, 5.41) is 35.8. The molecule has 0 unspecified atom stereocenters. The predicted octanol–water partition coefficient (Wildman–Crippen LogP) is 2.51. The van der Waals surface area contributed by atoms with Crippen LogP contribution in [0.1, 0.15) is 64.3 Å². The molecule has 1 aliphatic rings. The third kappa shape index (κ3) is 7.13. The fourth-order valence-corrected chi connectivity index (χ4v) is 3.59. The lowest BCUT2D eigenvalue weighted by molar-refractivity contribution is -0.278. The van der Waals surface area contributed by atoms with E-state index in [0.29, 0.717) is 5.75 Å². The molecule has 0 spiro atoms. The molecule has 0 radical (unpaired) electrons. The standard InChI is InChI=1S/C26H38N2O9/c1-7-33-26(32)34-13-20-21(29)22(30)23(31)25(36-20)37-24-19(16(6)28(27-24)14(2)3)12-17-8-10-18(11-9-17)35-15(4)5/h8-11,14-15,20-23,25,29-31H,7,12-13H2,1-6H3/t20-,21-,22+,23-,25+/m1/s1/i6D3,12D2. The Labute approximate surface area is 223 Å². The molecule has 11 heteroatoms. The van der Waals surface area contributed by atoms with Gasteiger partial charge in [-0.25, -0.2) is 4.79 Å². The van der Waals surface area contributed by atoms with Crippen LogP contribution < -0.4 is 9.47 Å². The number of hydrogen-bond acceptors (Lipinski definition) is 10. The van der Waals surface area contributed by atoms with Gasteiger partial charge in [0.15, 0.2) is 0 Å². The molecule has 3 N–H and O–H groups in total. The molecule has 1 aromatic heterocycles. The van der Waals surface area contributed by atoms with Crippen LogP contribution in [0.25, 0.3) is 0 Å². The van der Waals surface area contributed by atoms with Gasteiger partial charge in [-0.3, -0.25) is 4.68 Å². The Morgan fingerprint density at radius 2 is 1.84 bits per heavy atom. The lowest BCUT2D eigenvalue weighted by atomic mass is 9.99. The molecule has 3 rings (SSSR count). The highest BCUT2D eigenvalue weighted by molar-refractivity contribution is 5.59. The summed E-state index contributed by atoms with van der Waals surface area (Å²) in [6.07, 6.45) is -12.2. The van der Waals surface area contributed by atoms with Crippen molar-refractivity contribution in [3.63, 3.8) is 0 Å². The number of carbonyl (C=O) groups excluding carboxylic acids is 1. The Morgan fingerprint density at radius 1 is 1.14 bits per heavy atom. The lowest BCUT2D eigenvalue weighted by Gasteiger charge is -2.39. The van der Waals surface area contributed by atoms with Crippen LogP contribution in [0, 0.1) is 6.85 Å². The predicted molar refractivity (Wildman–Crippen MR) is 133 cm³/mol. The van der Waals surface area contributed by atoms with Gasteiger partial charge in [0, 0.05) is 30.5 Å². The highest BCUT2D eigenvalue weighted by atomic mass is 16.7. The number of carbonyl (C=O) groups is 1. The van der Waals surface area contributed by atoms with E-state index < -0.39 is 79.9 Å². The van der Waals surface area contributed by atoms with Crippen LogP contribution >= 0.6 is 0 Å². The van der Waals surface area contributed by atoms with Crippen molar-refractivity contribution in [2.75, 3.05) is 13.2 Å². The van der Waals surface area contributed by atoms with Gasteiger partial charge in [0.05, 0.1) is 12.7 Å². The third-order valence-electron chi connectivity index (χ3n) is 5.39. The molecule has 206 valence electrons. The maximum Gasteiger partial charge on any atom is 0.508 e. The van der Waals surface area contributed by atoms with E-state index >= 15 is 0 Å². The molecule has 37 heavy (non-hydrogen) atoms. The van der Waals surface area contributed by atoms with Gasteiger partial charge in [0.25, 0.3) is 0 Å². The van der Waals surface area contributed by atoms with E-state index in [0.717, 1.165) is 4.68 Å². The number of aromatic nitrogens is 2. The zero-order valence-electron chi connectivity index (χ0n) is 26.5. The first-order chi connectivity index (χ1) is 19.5. The number of benzene rings is 1. The summed E-state index contributed by atoms with van der Waals surface area (Å²) in [5.41, 5.74) is -0.809. The number of aliphatic hydroxyl groups is 3. The van der Waals surface area contributed by atoms with Gasteiger partial charge >= 0.3 is 6.16 Å². The molecule has 2 aromatic rings. The molecule has 2 heterocycles. The van der Waals surface area contributed by atoms with Crippen molar-refractivity contribution in [2.45, 2.75) is 90.7 Å². The van der Waals surface area contributed by atoms with Gasteiger partial charge in [-0.1, -0.05) is 12.1 Å². The first kappa shape index (κ1) is 22.2. The van der Waals surface area contributed by atoms with E-state index in [2.05, 4.69) is 9.84 Å². The van der Waals surface area contributed by atoms with Crippen LogP contribution in [0.3, 0.4) is 0 Å². The minimum Gasteiger partial charge on any atom is -0.491 e. The molecule has 1 saturated heterocycles. The minimum absolute atomic E-state index is 0.0303. The van der Waals surface area contributed by atoms with Gasteiger partial charge in [0.1, 0.15) is 36.8 Å². The maximum atomic E-state index is 11.6. The van der Waals surface area contributed by atoms with E-state index in [1.807, 2.05) is 13.8 Å². The highest BCUT2D eigenvalue weighted by Crippen LogP contribution is 2.31. The molecule has 0 bridgehead atoms. The smallest absolute Gasteiger partial charge is 0.491 e. The van der Waals surface area contributed by atoms with E-state index in [4.69, 9.17) is 25.8 Å². The molecule has 1 aromatic carbocycles. The van der Waals surface area contributed by atoms with Crippen LogP contribution in [-0.2, 0) is 20.6 Å². The Hall–Kier alpha value is -2.86. The summed E-state index contributed by atoms with van der Waals surface area (Å²) >= 11 is 0. The zero-order chi connectivity index (χ0) is 31.6. The average molecular weight is 528 g/mol. The first-order valence-corrected chi connectivity index (χ1v) is 12.1. The topological polar surface area (TPSA) is 142 Å². The number of hydrogen-bond donors (Lipinski definition) is 3. The van der Waals surface area contributed by atoms with E-state index in [9.17, 15) is 20.1 Å². The van der Waals surface area contributed by atoms with Crippen LogP contribution in [0.5, 0.6) is 11.6 Å². The number of rotatable bonds is 10. The Bertz CT molecular complexity index is 1200. The number of aliphatic hydroxyl groups excluding tert-OH is 3. The SMILES string of the molecule is [2H]C([2H])([2H])c1c(C([2H])([2H])c2ccc(OC(C)C)cc2)c(O[C@@H]2O[C@H](COC(=O)OCC)[C@@H](O)[C@H](O)[C@H]2O)nn1C(C)C. The summed E-state index contributed by atoms with van der Waals surface area (Å²) in [5.74, 6) is -0.0303. The van der Waals surface area contributed by atoms with E-state index in [-0.39, 0.29) is 18.3 Å². The summed E-state index contributed by atoms with van der Waals surface area (Å²) < 4.78 is 70.4. The fourth-order valence-electron chi connectivity index (χ4n) is 3.59. The van der Waals surface area contributed by atoms with Crippen molar-refractivity contribution in [1.29, 1.82) is 0 Å². The van der Waals surface area contributed by atoms with Crippen LogP contribution in [0.15, 0.2) is 24.3 Å². The largest absolute Gasteiger partial charge is 0.508 e. The third-order valence-corrected chi connectivity index (χ3v) is 5.39. The van der Waals surface area contributed by atoms with Crippen molar-refractivity contribution in [2.24, 2.45) is 0 Å². The summed E-state index contributed by atoms with van der Waals surface area (Å²) in [6.45, 7) is 5.14. The van der Waals surface area contributed by atoms with Crippen LogP contribution in [0.4, 0.5) is 4.79 Å². The van der Waals surface area contributed by atoms with Gasteiger partial charge in [-0.15, -0.1) is 5.10 Å². The molecular formula is C26H38N2O9. The highest BCUT2D eigenvalue weighted by Gasteiger charge is 2.46. The zero-order valence-corrected chi connectivity index (χ0v) is 21.5. The fraction of sp³-hybridized carbons (Fsp3) is 0.615. The monoisotopic (exact) mass is 527 g/mol. The molecule has 0 saturated carbocycles. The lowest BCUT2D eigenvalue weighted by Crippen LogP contribution is -2.60. The van der Waals surface area contributed by atoms with E-state index in [1.54, 1.807) is 32.9 Å².